The lowest BCUT2D eigenvalue weighted by Crippen LogP contribution is -2.32. The first-order chi connectivity index (χ1) is 12.1. The Bertz CT molecular complexity index is 762. The van der Waals surface area contributed by atoms with Crippen molar-refractivity contribution in [1.82, 2.24) is 4.90 Å². The predicted octanol–water partition coefficient (Wildman–Crippen LogP) is 3.75. The number of likely N-dealkylation sites (tertiary alicyclic amines) is 1. The number of halogens is 1. The van der Waals surface area contributed by atoms with Crippen LogP contribution in [0.1, 0.15) is 30.0 Å². The highest BCUT2D eigenvalue weighted by Crippen LogP contribution is 2.39. The fourth-order valence-corrected chi connectivity index (χ4v) is 3.39. The third kappa shape index (κ3) is 3.60. The zero-order chi connectivity index (χ0) is 17.8. The van der Waals surface area contributed by atoms with Crippen molar-refractivity contribution in [3.8, 4) is 11.5 Å². The second-order valence-electron chi connectivity index (χ2n) is 6.12. The van der Waals surface area contributed by atoms with Gasteiger partial charge in [-0.15, -0.1) is 0 Å². The molecular formula is C20H22FNO3. The Morgan fingerprint density at radius 1 is 1.20 bits per heavy atom. The number of ether oxygens (including phenoxy) is 2. The molecule has 3 rings (SSSR count). The van der Waals surface area contributed by atoms with Gasteiger partial charge in [-0.05, 0) is 36.6 Å². The Morgan fingerprint density at radius 3 is 2.72 bits per heavy atom. The molecule has 2 aromatic carbocycles. The van der Waals surface area contributed by atoms with Gasteiger partial charge in [0.15, 0.2) is 0 Å². The molecule has 0 aliphatic carbocycles. The smallest absolute Gasteiger partial charge is 0.227 e. The lowest BCUT2D eigenvalue weighted by atomic mass is 10.0. The molecule has 1 heterocycles. The molecule has 25 heavy (non-hydrogen) atoms. The van der Waals surface area contributed by atoms with E-state index < -0.39 is 0 Å². The Morgan fingerprint density at radius 2 is 2.00 bits per heavy atom. The summed E-state index contributed by atoms with van der Waals surface area (Å²) in [4.78, 5) is 14.6. The second-order valence-corrected chi connectivity index (χ2v) is 6.12. The third-order valence-electron chi connectivity index (χ3n) is 4.67. The molecule has 1 saturated heterocycles. The number of carbonyl (C=O) groups excluding carboxylic acids is 1. The number of rotatable bonds is 5. The fourth-order valence-electron chi connectivity index (χ4n) is 3.39. The van der Waals surface area contributed by atoms with Gasteiger partial charge in [-0.2, -0.15) is 0 Å². The van der Waals surface area contributed by atoms with Gasteiger partial charge in [0.05, 0.1) is 26.7 Å². The van der Waals surface area contributed by atoms with Crippen molar-refractivity contribution in [2.45, 2.75) is 25.3 Å². The Balaban J connectivity index is 1.83. The summed E-state index contributed by atoms with van der Waals surface area (Å²) in [5.41, 5.74) is 1.39. The van der Waals surface area contributed by atoms with Gasteiger partial charge in [-0.3, -0.25) is 4.79 Å². The topological polar surface area (TPSA) is 38.8 Å². The van der Waals surface area contributed by atoms with Gasteiger partial charge < -0.3 is 14.4 Å². The maximum atomic E-state index is 13.9. The van der Waals surface area contributed by atoms with Crippen LogP contribution in [0.15, 0.2) is 42.5 Å². The van der Waals surface area contributed by atoms with Crippen LogP contribution in [0, 0.1) is 5.82 Å². The average Bonchev–Trinajstić information content (AvgIpc) is 3.12. The summed E-state index contributed by atoms with van der Waals surface area (Å²) >= 11 is 0. The monoisotopic (exact) mass is 343 g/mol. The molecule has 1 atom stereocenters. The summed E-state index contributed by atoms with van der Waals surface area (Å²) in [6.07, 6.45) is 1.86. The average molecular weight is 343 g/mol. The van der Waals surface area contributed by atoms with E-state index in [0.29, 0.717) is 23.6 Å². The van der Waals surface area contributed by atoms with Crippen molar-refractivity contribution < 1.29 is 18.7 Å². The van der Waals surface area contributed by atoms with Crippen molar-refractivity contribution in [3.63, 3.8) is 0 Å². The van der Waals surface area contributed by atoms with Crippen molar-refractivity contribution in [3.05, 3.63) is 59.4 Å². The molecule has 132 valence electrons. The summed E-state index contributed by atoms with van der Waals surface area (Å²) in [6.45, 7) is 0.674. The van der Waals surface area contributed by atoms with Crippen LogP contribution in [0.2, 0.25) is 0 Å². The van der Waals surface area contributed by atoms with Crippen molar-refractivity contribution >= 4 is 5.91 Å². The maximum absolute atomic E-state index is 13.9. The number of hydrogen-bond acceptors (Lipinski definition) is 3. The van der Waals surface area contributed by atoms with Gasteiger partial charge in [0.25, 0.3) is 0 Å². The first kappa shape index (κ1) is 17.3. The highest BCUT2D eigenvalue weighted by atomic mass is 19.1. The summed E-state index contributed by atoms with van der Waals surface area (Å²) in [6, 6.07) is 12.0. The molecular weight excluding hydrogens is 321 g/mol. The van der Waals surface area contributed by atoms with E-state index in [2.05, 4.69) is 0 Å². The quantitative estimate of drug-likeness (QED) is 0.830. The SMILES string of the molecule is COc1ccc(C2CCCN2C(=O)Cc2ccccc2F)c(OC)c1. The van der Waals surface area contributed by atoms with E-state index in [1.165, 1.54) is 6.07 Å². The summed E-state index contributed by atoms with van der Waals surface area (Å²) < 4.78 is 24.6. The number of benzene rings is 2. The second kappa shape index (κ2) is 7.55. The minimum absolute atomic E-state index is 0.0554. The van der Waals surface area contributed by atoms with E-state index in [4.69, 9.17) is 9.47 Å². The van der Waals surface area contributed by atoms with Crippen LogP contribution in [0.4, 0.5) is 4.39 Å². The number of nitrogens with zero attached hydrogens (tertiary/aromatic N) is 1. The minimum atomic E-state index is -0.339. The molecule has 1 aliphatic heterocycles. The zero-order valence-corrected chi connectivity index (χ0v) is 14.5. The molecule has 1 unspecified atom stereocenters. The molecule has 1 aliphatic rings. The lowest BCUT2D eigenvalue weighted by Gasteiger charge is -2.26. The molecule has 0 N–H and O–H groups in total. The van der Waals surface area contributed by atoms with E-state index in [0.717, 1.165) is 18.4 Å². The van der Waals surface area contributed by atoms with Crippen molar-refractivity contribution in [2.75, 3.05) is 20.8 Å². The molecule has 0 bridgehead atoms. The van der Waals surface area contributed by atoms with Crippen LogP contribution >= 0.6 is 0 Å². The van der Waals surface area contributed by atoms with Gasteiger partial charge in [0.2, 0.25) is 5.91 Å². The summed E-state index contributed by atoms with van der Waals surface area (Å²) in [5.74, 6) is 1.01. The minimum Gasteiger partial charge on any atom is -0.497 e. The van der Waals surface area contributed by atoms with E-state index in [9.17, 15) is 9.18 Å². The van der Waals surface area contributed by atoms with E-state index in [1.807, 2.05) is 23.1 Å². The molecule has 0 saturated carbocycles. The van der Waals surface area contributed by atoms with E-state index >= 15 is 0 Å². The molecule has 2 aromatic rings. The molecule has 0 spiro atoms. The van der Waals surface area contributed by atoms with Crippen LogP contribution in [0.3, 0.4) is 0 Å². The largest absolute Gasteiger partial charge is 0.497 e. The first-order valence-corrected chi connectivity index (χ1v) is 8.39. The van der Waals surface area contributed by atoms with Gasteiger partial charge in [-0.1, -0.05) is 18.2 Å². The summed E-state index contributed by atoms with van der Waals surface area (Å²) in [5, 5.41) is 0. The molecule has 4 nitrogen and oxygen atoms in total. The van der Waals surface area contributed by atoms with Crippen LogP contribution in [0.25, 0.3) is 0 Å². The number of methoxy groups -OCH3 is 2. The van der Waals surface area contributed by atoms with Crippen LogP contribution in [0.5, 0.6) is 11.5 Å². The summed E-state index contributed by atoms with van der Waals surface area (Å²) in [7, 11) is 3.22. The lowest BCUT2D eigenvalue weighted by molar-refractivity contribution is -0.131. The van der Waals surface area contributed by atoms with Gasteiger partial charge in [0.1, 0.15) is 17.3 Å². The van der Waals surface area contributed by atoms with Crippen LogP contribution < -0.4 is 9.47 Å². The highest BCUT2D eigenvalue weighted by Gasteiger charge is 2.32. The number of amides is 1. The maximum Gasteiger partial charge on any atom is 0.227 e. The fraction of sp³-hybridized carbons (Fsp3) is 0.350. The molecule has 5 heteroatoms. The number of hydrogen-bond donors (Lipinski definition) is 0. The molecule has 1 fully saturated rings. The van der Waals surface area contributed by atoms with Gasteiger partial charge in [-0.25, -0.2) is 4.39 Å². The first-order valence-electron chi connectivity index (χ1n) is 8.39. The van der Waals surface area contributed by atoms with Crippen molar-refractivity contribution in [2.24, 2.45) is 0 Å². The van der Waals surface area contributed by atoms with Gasteiger partial charge in [0, 0.05) is 18.2 Å². The van der Waals surface area contributed by atoms with Gasteiger partial charge >= 0.3 is 0 Å². The standard InChI is InChI=1S/C20H22FNO3/c1-24-15-9-10-16(19(13-15)25-2)18-8-5-11-22(18)20(23)12-14-6-3-4-7-17(14)21/h3-4,6-7,9-10,13,18H,5,8,11-12H2,1-2H3. The molecule has 1 amide bonds. The Hall–Kier alpha value is -2.56. The van der Waals surface area contributed by atoms with Crippen LogP contribution in [-0.4, -0.2) is 31.6 Å². The zero-order valence-electron chi connectivity index (χ0n) is 14.5. The van der Waals surface area contributed by atoms with E-state index in [1.54, 1.807) is 32.4 Å². The third-order valence-corrected chi connectivity index (χ3v) is 4.67. The predicted molar refractivity (Wildman–Crippen MR) is 93.3 cm³/mol. The Kier molecular flexibility index (Phi) is 5.22. The number of carbonyl (C=O) groups is 1. The van der Waals surface area contributed by atoms with E-state index in [-0.39, 0.29) is 24.2 Å². The molecule has 0 aromatic heterocycles. The molecule has 0 radical (unpaired) electrons. The highest BCUT2D eigenvalue weighted by molar-refractivity contribution is 5.79. The normalized spacial score (nSPS) is 16.8. The Labute approximate surface area is 147 Å². The van der Waals surface area contributed by atoms with Crippen LogP contribution in [-0.2, 0) is 11.2 Å². The van der Waals surface area contributed by atoms with Crippen molar-refractivity contribution in [1.29, 1.82) is 0 Å².